The first-order valence-electron chi connectivity index (χ1n) is 5.39. The molecule has 0 radical (unpaired) electrons. The molecule has 90 valence electrons. The van der Waals surface area contributed by atoms with Crippen molar-refractivity contribution in [2.45, 2.75) is 6.54 Å². The van der Waals surface area contributed by atoms with E-state index in [0.717, 1.165) is 29.4 Å². The van der Waals surface area contributed by atoms with Crippen molar-refractivity contribution >= 4 is 17.3 Å². The summed E-state index contributed by atoms with van der Waals surface area (Å²) in [6, 6.07) is 5.98. The van der Waals surface area contributed by atoms with E-state index in [4.69, 9.17) is 17.3 Å². The van der Waals surface area contributed by atoms with Crippen LogP contribution in [0, 0.1) is 0 Å². The third-order valence-corrected chi connectivity index (χ3v) is 2.84. The fourth-order valence-corrected chi connectivity index (χ4v) is 1.80. The van der Waals surface area contributed by atoms with E-state index in [1.165, 1.54) is 0 Å². The standard InChI is InChI=1S/C12H20ClN3/c1-15(2)6-7-16(3)12-5-4-10(9-14)8-11(12)13/h4-5,8H,6-7,9,14H2,1-3H3. The van der Waals surface area contributed by atoms with Gasteiger partial charge in [-0.25, -0.2) is 0 Å². The molecule has 0 aliphatic carbocycles. The van der Waals surface area contributed by atoms with Gasteiger partial charge in [0.15, 0.2) is 0 Å². The molecule has 0 atom stereocenters. The Morgan fingerprint density at radius 3 is 2.38 bits per heavy atom. The zero-order valence-electron chi connectivity index (χ0n) is 10.2. The number of hydrogen-bond acceptors (Lipinski definition) is 3. The molecule has 3 nitrogen and oxygen atoms in total. The van der Waals surface area contributed by atoms with Crippen LogP contribution >= 0.6 is 11.6 Å². The van der Waals surface area contributed by atoms with Gasteiger partial charge in [0, 0.05) is 26.7 Å². The largest absolute Gasteiger partial charge is 0.372 e. The normalized spacial score (nSPS) is 10.9. The maximum atomic E-state index is 6.21. The van der Waals surface area contributed by atoms with Gasteiger partial charge in [-0.1, -0.05) is 17.7 Å². The summed E-state index contributed by atoms with van der Waals surface area (Å²) in [7, 11) is 6.17. The molecule has 0 saturated carbocycles. The summed E-state index contributed by atoms with van der Waals surface area (Å²) in [4.78, 5) is 4.31. The van der Waals surface area contributed by atoms with Gasteiger partial charge in [-0.3, -0.25) is 0 Å². The Morgan fingerprint density at radius 1 is 1.19 bits per heavy atom. The number of nitrogens with zero attached hydrogens (tertiary/aromatic N) is 2. The lowest BCUT2D eigenvalue weighted by Gasteiger charge is -2.22. The van der Waals surface area contributed by atoms with Crippen molar-refractivity contribution in [3.05, 3.63) is 28.8 Å². The first kappa shape index (κ1) is 13.3. The summed E-state index contributed by atoms with van der Waals surface area (Å²) < 4.78 is 0. The van der Waals surface area contributed by atoms with Crippen molar-refractivity contribution in [1.29, 1.82) is 0 Å². The van der Waals surface area contributed by atoms with Crippen LogP contribution in [0.25, 0.3) is 0 Å². The van der Waals surface area contributed by atoms with E-state index in [2.05, 4.69) is 23.9 Å². The monoisotopic (exact) mass is 241 g/mol. The second-order valence-corrected chi connectivity index (χ2v) is 4.62. The second-order valence-electron chi connectivity index (χ2n) is 4.21. The molecular weight excluding hydrogens is 222 g/mol. The highest BCUT2D eigenvalue weighted by Gasteiger charge is 2.06. The molecule has 0 bridgehead atoms. The molecule has 0 heterocycles. The smallest absolute Gasteiger partial charge is 0.0642 e. The molecule has 0 aliphatic rings. The van der Waals surface area contributed by atoms with Gasteiger partial charge < -0.3 is 15.5 Å². The molecule has 1 aromatic rings. The first-order valence-corrected chi connectivity index (χ1v) is 5.76. The molecule has 16 heavy (non-hydrogen) atoms. The summed E-state index contributed by atoms with van der Waals surface area (Å²) in [5, 5.41) is 0.768. The Balaban J connectivity index is 2.71. The molecule has 1 rings (SSSR count). The van der Waals surface area contributed by atoms with Crippen LogP contribution in [-0.2, 0) is 6.54 Å². The van der Waals surface area contributed by atoms with E-state index >= 15 is 0 Å². The SMILES string of the molecule is CN(C)CCN(C)c1ccc(CN)cc1Cl. The molecule has 0 fully saturated rings. The topological polar surface area (TPSA) is 32.5 Å². The van der Waals surface area contributed by atoms with Crippen LogP contribution in [-0.4, -0.2) is 39.1 Å². The molecular formula is C12H20ClN3. The maximum absolute atomic E-state index is 6.21. The molecule has 0 aliphatic heterocycles. The van der Waals surface area contributed by atoms with Gasteiger partial charge in [0.05, 0.1) is 10.7 Å². The first-order chi connectivity index (χ1) is 7.54. The number of halogens is 1. The third kappa shape index (κ3) is 3.67. The van der Waals surface area contributed by atoms with Crippen LogP contribution in [0.2, 0.25) is 5.02 Å². The maximum Gasteiger partial charge on any atom is 0.0642 e. The Bertz CT molecular complexity index is 339. The molecule has 0 amide bonds. The summed E-state index contributed by atoms with van der Waals surface area (Å²) in [5.41, 5.74) is 7.69. The summed E-state index contributed by atoms with van der Waals surface area (Å²) in [6.07, 6.45) is 0. The number of likely N-dealkylation sites (N-methyl/N-ethyl adjacent to an activating group) is 2. The van der Waals surface area contributed by atoms with Crippen LogP contribution in [0.5, 0.6) is 0 Å². The average molecular weight is 242 g/mol. The van der Waals surface area contributed by atoms with Crippen LogP contribution in [0.15, 0.2) is 18.2 Å². The minimum Gasteiger partial charge on any atom is -0.372 e. The van der Waals surface area contributed by atoms with E-state index in [-0.39, 0.29) is 0 Å². The van der Waals surface area contributed by atoms with E-state index in [1.807, 2.05) is 25.2 Å². The van der Waals surface area contributed by atoms with Crippen molar-refractivity contribution in [3.8, 4) is 0 Å². The third-order valence-electron chi connectivity index (χ3n) is 2.54. The van der Waals surface area contributed by atoms with Gasteiger partial charge >= 0.3 is 0 Å². The van der Waals surface area contributed by atoms with Gasteiger partial charge in [-0.2, -0.15) is 0 Å². The van der Waals surface area contributed by atoms with Crippen molar-refractivity contribution in [2.75, 3.05) is 39.1 Å². The van der Waals surface area contributed by atoms with Gasteiger partial charge in [0.2, 0.25) is 0 Å². The fraction of sp³-hybridized carbons (Fsp3) is 0.500. The zero-order chi connectivity index (χ0) is 12.1. The lowest BCUT2D eigenvalue weighted by molar-refractivity contribution is 0.416. The fourth-order valence-electron chi connectivity index (χ4n) is 1.46. The highest BCUT2D eigenvalue weighted by molar-refractivity contribution is 6.33. The number of benzene rings is 1. The minimum absolute atomic E-state index is 0.529. The second kappa shape index (κ2) is 6.09. The summed E-state index contributed by atoms with van der Waals surface area (Å²) >= 11 is 6.21. The van der Waals surface area contributed by atoms with Crippen molar-refractivity contribution < 1.29 is 0 Å². The Hall–Kier alpha value is -0.770. The van der Waals surface area contributed by atoms with Gasteiger partial charge in [0.25, 0.3) is 0 Å². The Morgan fingerprint density at radius 2 is 1.88 bits per heavy atom. The Kier molecular flexibility index (Phi) is 5.06. The summed E-state index contributed by atoms with van der Waals surface area (Å²) in [6.45, 7) is 2.49. The minimum atomic E-state index is 0.529. The van der Waals surface area contributed by atoms with E-state index < -0.39 is 0 Å². The van der Waals surface area contributed by atoms with Crippen molar-refractivity contribution in [2.24, 2.45) is 5.73 Å². The highest BCUT2D eigenvalue weighted by atomic mass is 35.5. The number of nitrogens with two attached hydrogens (primary N) is 1. The quantitative estimate of drug-likeness (QED) is 0.853. The van der Waals surface area contributed by atoms with E-state index in [0.29, 0.717) is 6.54 Å². The highest BCUT2D eigenvalue weighted by Crippen LogP contribution is 2.25. The van der Waals surface area contributed by atoms with Crippen molar-refractivity contribution in [1.82, 2.24) is 4.90 Å². The molecule has 0 saturated heterocycles. The van der Waals surface area contributed by atoms with Gasteiger partial charge in [-0.05, 0) is 31.8 Å². The Labute approximate surface area is 103 Å². The van der Waals surface area contributed by atoms with Gasteiger partial charge in [0.1, 0.15) is 0 Å². The van der Waals surface area contributed by atoms with Crippen molar-refractivity contribution in [3.63, 3.8) is 0 Å². The van der Waals surface area contributed by atoms with E-state index in [1.54, 1.807) is 0 Å². The molecule has 0 unspecified atom stereocenters. The van der Waals surface area contributed by atoms with Crippen LogP contribution in [0.3, 0.4) is 0 Å². The van der Waals surface area contributed by atoms with E-state index in [9.17, 15) is 0 Å². The van der Waals surface area contributed by atoms with Crippen LogP contribution in [0.4, 0.5) is 5.69 Å². The molecule has 4 heteroatoms. The molecule has 0 aromatic heterocycles. The number of rotatable bonds is 5. The predicted molar refractivity (Wildman–Crippen MR) is 71.2 cm³/mol. The lowest BCUT2D eigenvalue weighted by Crippen LogP contribution is -2.28. The lowest BCUT2D eigenvalue weighted by atomic mass is 10.2. The van der Waals surface area contributed by atoms with Crippen LogP contribution in [0.1, 0.15) is 5.56 Å². The van der Waals surface area contributed by atoms with Crippen LogP contribution < -0.4 is 10.6 Å². The zero-order valence-corrected chi connectivity index (χ0v) is 11.0. The summed E-state index contributed by atoms with van der Waals surface area (Å²) in [5.74, 6) is 0. The number of anilines is 1. The predicted octanol–water partition coefficient (Wildman–Crippen LogP) is 1.80. The molecule has 1 aromatic carbocycles. The van der Waals surface area contributed by atoms with Gasteiger partial charge in [-0.15, -0.1) is 0 Å². The number of hydrogen-bond donors (Lipinski definition) is 1. The molecule has 0 spiro atoms. The molecule has 2 N–H and O–H groups in total. The average Bonchev–Trinajstić information content (AvgIpc) is 2.25.